The first-order chi connectivity index (χ1) is 9.72. The summed E-state index contributed by atoms with van der Waals surface area (Å²) < 4.78 is 5.66. The Balaban J connectivity index is 2.10. The van der Waals surface area contributed by atoms with E-state index in [1.165, 1.54) is 36.8 Å². The summed E-state index contributed by atoms with van der Waals surface area (Å²) in [4.78, 5) is 0. The van der Waals surface area contributed by atoms with Crippen LogP contribution in [0.5, 0.6) is 0 Å². The highest BCUT2D eigenvalue weighted by atomic mass is 16.5. The highest BCUT2D eigenvalue weighted by molar-refractivity contribution is 5.31. The predicted molar refractivity (Wildman–Crippen MR) is 85.0 cm³/mol. The van der Waals surface area contributed by atoms with Crippen LogP contribution in [0.4, 0.5) is 0 Å². The first-order valence-corrected chi connectivity index (χ1v) is 8.14. The van der Waals surface area contributed by atoms with Gasteiger partial charge in [0.05, 0.1) is 6.61 Å². The van der Waals surface area contributed by atoms with Crippen molar-refractivity contribution in [1.82, 2.24) is 5.32 Å². The molecule has 112 valence electrons. The van der Waals surface area contributed by atoms with Gasteiger partial charge in [0.15, 0.2) is 0 Å². The molecule has 0 fully saturated rings. The van der Waals surface area contributed by atoms with Crippen molar-refractivity contribution in [3.8, 4) is 0 Å². The van der Waals surface area contributed by atoms with E-state index in [2.05, 4.69) is 50.4 Å². The first-order valence-electron chi connectivity index (χ1n) is 8.14. The number of fused-ring (bicyclic) bond motifs is 1. The third-order valence-corrected chi connectivity index (χ3v) is 4.34. The second kappa shape index (κ2) is 7.80. The summed E-state index contributed by atoms with van der Waals surface area (Å²) in [6, 6.07) is 9.86. The highest BCUT2D eigenvalue weighted by Crippen LogP contribution is 2.29. The summed E-state index contributed by atoms with van der Waals surface area (Å²) in [5.41, 5.74) is 3.04. The van der Waals surface area contributed by atoms with Crippen LogP contribution in [0.2, 0.25) is 0 Å². The molecule has 20 heavy (non-hydrogen) atoms. The van der Waals surface area contributed by atoms with Crippen LogP contribution in [0.3, 0.4) is 0 Å². The Bertz CT molecular complexity index is 402. The molecule has 0 aromatic heterocycles. The average Bonchev–Trinajstić information content (AvgIpc) is 2.65. The smallest absolute Gasteiger partial charge is 0.0622 e. The molecule has 0 saturated carbocycles. The quantitative estimate of drug-likeness (QED) is 0.789. The molecule has 0 amide bonds. The lowest BCUT2D eigenvalue weighted by atomic mass is 9.96. The number of hydrogen-bond donors (Lipinski definition) is 1. The molecule has 1 aromatic carbocycles. The van der Waals surface area contributed by atoms with Gasteiger partial charge in [-0.15, -0.1) is 0 Å². The minimum absolute atomic E-state index is 0.436. The van der Waals surface area contributed by atoms with E-state index in [9.17, 15) is 0 Å². The summed E-state index contributed by atoms with van der Waals surface area (Å²) in [7, 11) is 0. The topological polar surface area (TPSA) is 21.3 Å². The Morgan fingerprint density at radius 1 is 1.25 bits per heavy atom. The molecule has 0 aliphatic heterocycles. The van der Waals surface area contributed by atoms with Gasteiger partial charge in [0.2, 0.25) is 0 Å². The number of rotatable bonds is 6. The van der Waals surface area contributed by atoms with Crippen molar-refractivity contribution >= 4 is 0 Å². The molecule has 1 aliphatic carbocycles. The van der Waals surface area contributed by atoms with Crippen LogP contribution in [0.15, 0.2) is 24.3 Å². The number of nitrogens with one attached hydrogen (secondary N) is 1. The molecule has 2 atom stereocenters. The fourth-order valence-electron chi connectivity index (χ4n) is 3.03. The van der Waals surface area contributed by atoms with Gasteiger partial charge in [-0.1, -0.05) is 44.5 Å². The summed E-state index contributed by atoms with van der Waals surface area (Å²) in [6.07, 6.45) is 5.09. The van der Waals surface area contributed by atoms with Gasteiger partial charge in [0.25, 0.3) is 0 Å². The van der Waals surface area contributed by atoms with Crippen molar-refractivity contribution < 1.29 is 4.74 Å². The second-order valence-corrected chi connectivity index (χ2v) is 6.17. The maximum atomic E-state index is 5.66. The Morgan fingerprint density at radius 3 is 2.80 bits per heavy atom. The van der Waals surface area contributed by atoms with E-state index in [1.807, 2.05) is 0 Å². The first kappa shape index (κ1) is 15.5. The molecular formula is C18H29NO. The Labute approximate surface area is 123 Å². The van der Waals surface area contributed by atoms with Crippen LogP contribution < -0.4 is 5.32 Å². The van der Waals surface area contributed by atoms with Crippen molar-refractivity contribution in [2.75, 3.05) is 13.2 Å². The van der Waals surface area contributed by atoms with E-state index in [0.29, 0.717) is 18.0 Å². The molecule has 2 unspecified atom stereocenters. The lowest BCUT2D eigenvalue weighted by Gasteiger charge is -2.29. The van der Waals surface area contributed by atoms with E-state index < -0.39 is 0 Å². The summed E-state index contributed by atoms with van der Waals surface area (Å²) >= 11 is 0. The van der Waals surface area contributed by atoms with Crippen LogP contribution in [0, 0.1) is 5.92 Å². The Hall–Kier alpha value is -0.860. The van der Waals surface area contributed by atoms with Gasteiger partial charge in [-0.25, -0.2) is 0 Å². The number of benzene rings is 1. The van der Waals surface area contributed by atoms with Crippen LogP contribution in [-0.4, -0.2) is 19.3 Å². The van der Waals surface area contributed by atoms with Crippen LogP contribution in [0.1, 0.15) is 57.2 Å². The molecule has 1 aliphatic rings. The number of ether oxygens (including phenoxy) is 1. The SMILES string of the molecule is CCOCC(NC1CCCCc2ccccc21)C(C)C. The van der Waals surface area contributed by atoms with Crippen molar-refractivity contribution in [1.29, 1.82) is 0 Å². The summed E-state index contributed by atoms with van der Waals surface area (Å²) in [5.74, 6) is 0.594. The van der Waals surface area contributed by atoms with E-state index in [1.54, 1.807) is 0 Å². The van der Waals surface area contributed by atoms with Gasteiger partial charge in [-0.05, 0) is 43.2 Å². The van der Waals surface area contributed by atoms with Crippen molar-refractivity contribution in [2.24, 2.45) is 5.92 Å². The third kappa shape index (κ3) is 4.07. The Kier molecular flexibility index (Phi) is 6.06. The normalized spacial score (nSPS) is 20.5. The zero-order chi connectivity index (χ0) is 14.4. The van der Waals surface area contributed by atoms with E-state index in [-0.39, 0.29) is 0 Å². The molecule has 1 N–H and O–H groups in total. The minimum Gasteiger partial charge on any atom is -0.380 e. The fourth-order valence-corrected chi connectivity index (χ4v) is 3.03. The van der Waals surface area contributed by atoms with Crippen molar-refractivity contribution in [3.63, 3.8) is 0 Å². The van der Waals surface area contributed by atoms with Crippen LogP contribution in [0.25, 0.3) is 0 Å². The molecule has 2 heteroatoms. The maximum absolute atomic E-state index is 5.66. The van der Waals surface area contributed by atoms with Crippen LogP contribution in [-0.2, 0) is 11.2 Å². The van der Waals surface area contributed by atoms with Crippen LogP contribution >= 0.6 is 0 Å². The van der Waals surface area contributed by atoms with Crippen molar-refractivity contribution in [3.05, 3.63) is 35.4 Å². The maximum Gasteiger partial charge on any atom is 0.0622 e. The zero-order valence-corrected chi connectivity index (χ0v) is 13.2. The number of hydrogen-bond acceptors (Lipinski definition) is 2. The largest absolute Gasteiger partial charge is 0.380 e. The molecule has 0 radical (unpaired) electrons. The second-order valence-electron chi connectivity index (χ2n) is 6.17. The van der Waals surface area contributed by atoms with Gasteiger partial charge in [0.1, 0.15) is 0 Å². The standard InChI is InChI=1S/C18H29NO/c1-4-20-13-18(14(2)3)19-17-12-8-6-10-15-9-5-7-11-16(15)17/h5,7,9,11,14,17-19H,4,6,8,10,12-13H2,1-3H3. The van der Waals surface area contributed by atoms with E-state index in [0.717, 1.165) is 13.2 Å². The molecule has 2 nitrogen and oxygen atoms in total. The van der Waals surface area contributed by atoms with Gasteiger partial charge >= 0.3 is 0 Å². The summed E-state index contributed by atoms with van der Waals surface area (Å²) in [5, 5.41) is 3.86. The molecule has 0 heterocycles. The highest BCUT2D eigenvalue weighted by Gasteiger charge is 2.22. The Morgan fingerprint density at radius 2 is 2.05 bits per heavy atom. The molecular weight excluding hydrogens is 246 g/mol. The van der Waals surface area contributed by atoms with E-state index >= 15 is 0 Å². The predicted octanol–water partition coefficient (Wildman–Crippen LogP) is 4.10. The molecule has 2 rings (SSSR count). The lowest BCUT2D eigenvalue weighted by molar-refractivity contribution is 0.102. The fraction of sp³-hybridized carbons (Fsp3) is 0.667. The zero-order valence-electron chi connectivity index (χ0n) is 13.2. The molecule has 0 saturated heterocycles. The third-order valence-electron chi connectivity index (χ3n) is 4.34. The lowest BCUT2D eigenvalue weighted by Crippen LogP contribution is -2.40. The summed E-state index contributed by atoms with van der Waals surface area (Å²) in [6.45, 7) is 8.23. The van der Waals surface area contributed by atoms with Gasteiger partial charge in [-0.3, -0.25) is 0 Å². The molecule has 1 aromatic rings. The van der Waals surface area contributed by atoms with Gasteiger partial charge in [-0.2, -0.15) is 0 Å². The average molecular weight is 275 g/mol. The monoisotopic (exact) mass is 275 g/mol. The molecule has 0 bridgehead atoms. The van der Waals surface area contributed by atoms with Crippen molar-refractivity contribution in [2.45, 2.75) is 58.5 Å². The van der Waals surface area contributed by atoms with Gasteiger partial charge in [0, 0.05) is 18.7 Å². The van der Waals surface area contributed by atoms with Gasteiger partial charge < -0.3 is 10.1 Å². The minimum atomic E-state index is 0.436. The van der Waals surface area contributed by atoms with E-state index in [4.69, 9.17) is 4.74 Å². The molecule has 0 spiro atoms. The number of aryl methyl sites for hydroxylation is 1.